The van der Waals surface area contributed by atoms with Crippen molar-refractivity contribution in [2.45, 2.75) is 12.5 Å². The lowest BCUT2D eigenvalue weighted by molar-refractivity contribution is -0.138. The molecule has 1 atom stereocenters. The molecule has 120 valence electrons. The van der Waals surface area contributed by atoms with E-state index in [9.17, 15) is 9.59 Å². The molecule has 0 unspecified atom stereocenters. The van der Waals surface area contributed by atoms with Gasteiger partial charge in [-0.15, -0.1) is 0 Å². The number of thiocarbonyl (C=S) groups is 1. The molecular weight excluding hydrogens is 322 g/mol. The Balaban J connectivity index is 0.000000239. The monoisotopic (exact) mass is 341 g/mol. The van der Waals surface area contributed by atoms with E-state index in [2.05, 4.69) is 5.32 Å². The summed E-state index contributed by atoms with van der Waals surface area (Å²) in [4.78, 5) is 22.8. The molecule has 1 aromatic carbocycles. The van der Waals surface area contributed by atoms with Gasteiger partial charge in [-0.1, -0.05) is 18.2 Å². The molecule has 0 aliphatic carbocycles. The summed E-state index contributed by atoms with van der Waals surface area (Å²) >= 11 is 6.60. The second-order valence-corrected chi connectivity index (χ2v) is 5.87. The fraction of sp³-hybridized carbons (Fsp3) is 0.357. The van der Waals surface area contributed by atoms with Gasteiger partial charge in [0.2, 0.25) is 5.91 Å². The van der Waals surface area contributed by atoms with Crippen molar-refractivity contribution in [1.82, 2.24) is 5.32 Å². The highest BCUT2D eigenvalue weighted by Gasteiger charge is 2.23. The van der Waals surface area contributed by atoms with Gasteiger partial charge in [0, 0.05) is 5.69 Å². The molecule has 1 heterocycles. The van der Waals surface area contributed by atoms with E-state index in [1.54, 1.807) is 16.7 Å². The average molecular weight is 341 g/mol. The van der Waals surface area contributed by atoms with E-state index in [0.717, 1.165) is 11.4 Å². The molecule has 0 spiro atoms. The van der Waals surface area contributed by atoms with Gasteiger partial charge < -0.3 is 21.1 Å². The second-order valence-electron chi connectivity index (χ2n) is 4.50. The number of hydrogen-bond acceptors (Lipinski definition) is 5. The number of nitrogens with two attached hydrogens (primary N) is 1. The fourth-order valence-electron chi connectivity index (χ4n) is 1.63. The lowest BCUT2D eigenvalue weighted by Gasteiger charge is -2.14. The van der Waals surface area contributed by atoms with Crippen molar-refractivity contribution in [3.8, 4) is 0 Å². The Labute approximate surface area is 139 Å². The van der Waals surface area contributed by atoms with E-state index in [4.69, 9.17) is 23.1 Å². The van der Waals surface area contributed by atoms with Gasteiger partial charge in [0.15, 0.2) is 5.11 Å². The quantitative estimate of drug-likeness (QED) is 0.689. The van der Waals surface area contributed by atoms with Crippen LogP contribution >= 0.6 is 24.0 Å². The first-order valence-corrected chi connectivity index (χ1v) is 8.39. The lowest BCUT2D eigenvalue weighted by Crippen LogP contribution is -2.30. The molecule has 1 aliphatic rings. The van der Waals surface area contributed by atoms with Gasteiger partial charge in [-0.3, -0.25) is 9.59 Å². The first-order valence-electron chi connectivity index (χ1n) is 6.59. The Morgan fingerprint density at radius 1 is 1.50 bits per heavy atom. The van der Waals surface area contributed by atoms with Crippen LogP contribution in [0.5, 0.6) is 0 Å². The van der Waals surface area contributed by atoms with Crippen molar-refractivity contribution >= 4 is 46.7 Å². The van der Waals surface area contributed by atoms with Crippen molar-refractivity contribution in [1.29, 1.82) is 0 Å². The highest BCUT2D eigenvalue weighted by atomic mass is 32.2. The summed E-state index contributed by atoms with van der Waals surface area (Å²) in [5.74, 6) is -0.147. The number of para-hydroxylation sites is 1. The zero-order valence-electron chi connectivity index (χ0n) is 12.2. The van der Waals surface area contributed by atoms with Gasteiger partial charge in [-0.25, -0.2) is 0 Å². The molecule has 1 aromatic rings. The summed E-state index contributed by atoms with van der Waals surface area (Å²) in [5.41, 5.74) is 6.14. The predicted octanol–water partition coefficient (Wildman–Crippen LogP) is 1.06. The van der Waals surface area contributed by atoms with E-state index < -0.39 is 12.0 Å². The largest absolute Gasteiger partial charge is 0.480 e. The molecule has 2 rings (SSSR count). The minimum Gasteiger partial charge on any atom is -0.480 e. The lowest BCUT2D eigenvalue weighted by atomic mass is 10.2. The van der Waals surface area contributed by atoms with Crippen LogP contribution in [-0.2, 0) is 9.59 Å². The van der Waals surface area contributed by atoms with Crippen molar-refractivity contribution in [2.24, 2.45) is 5.73 Å². The number of rotatable bonds is 5. The van der Waals surface area contributed by atoms with Gasteiger partial charge in [0.05, 0.1) is 0 Å². The first kappa shape index (κ1) is 18.4. The molecule has 6 nitrogen and oxygen atoms in total. The highest BCUT2D eigenvalue weighted by Crippen LogP contribution is 2.15. The minimum atomic E-state index is -0.913. The summed E-state index contributed by atoms with van der Waals surface area (Å²) in [6.45, 7) is 0.322. The smallest absolute Gasteiger partial charge is 0.320 e. The van der Waals surface area contributed by atoms with E-state index in [-0.39, 0.29) is 5.91 Å². The van der Waals surface area contributed by atoms with Crippen LogP contribution < -0.4 is 16.0 Å². The Morgan fingerprint density at radius 2 is 2.14 bits per heavy atom. The number of amides is 1. The molecule has 0 aromatic heterocycles. The third-order valence-corrected chi connectivity index (χ3v) is 3.78. The third kappa shape index (κ3) is 6.00. The number of carbonyl (C=O) groups excluding carboxylic acids is 1. The van der Waals surface area contributed by atoms with Crippen LogP contribution in [0.2, 0.25) is 0 Å². The average Bonchev–Trinajstić information content (AvgIpc) is 2.85. The summed E-state index contributed by atoms with van der Waals surface area (Å²) in [5, 5.41) is 11.3. The normalized spacial score (nSPS) is 14.9. The molecule has 1 aliphatic heterocycles. The van der Waals surface area contributed by atoms with Gasteiger partial charge in [-0.05, 0) is 42.8 Å². The maximum Gasteiger partial charge on any atom is 0.320 e. The number of aliphatic carboxylic acids is 1. The van der Waals surface area contributed by atoms with Gasteiger partial charge in [-0.2, -0.15) is 11.8 Å². The van der Waals surface area contributed by atoms with Crippen LogP contribution in [-0.4, -0.2) is 46.7 Å². The summed E-state index contributed by atoms with van der Waals surface area (Å²) in [7, 11) is 0. The Hall–Kier alpha value is -1.64. The predicted molar refractivity (Wildman–Crippen MR) is 93.1 cm³/mol. The summed E-state index contributed by atoms with van der Waals surface area (Å²) in [6, 6.07) is 8.93. The number of hydrogen-bond donors (Lipinski definition) is 3. The fourth-order valence-corrected chi connectivity index (χ4v) is 2.40. The van der Waals surface area contributed by atoms with Crippen molar-refractivity contribution in [3.63, 3.8) is 0 Å². The number of nitrogens with one attached hydrogen (secondary N) is 1. The van der Waals surface area contributed by atoms with E-state index >= 15 is 0 Å². The first-order chi connectivity index (χ1) is 10.5. The number of anilines is 1. The highest BCUT2D eigenvalue weighted by molar-refractivity contribution is 7.98. The molecule has 0 bridgehead atoms. The Bertz CT molecular complexity index is 525. The molecule has 1 saturated heterocycles. The number of thioether (sulfide) groups is 1. The third-order valence-electron chi connectivity index (χ3n) is 2.81. The van der Waals surface area contributed by atoms with Crippen LogP contribution in [0.4, 0.5) is 5.69 Å². The molecule has 0 saturated carbocycles. The van der Waals surface area contributed by atoms with Crippen LogP contribution in [0, 0.1) is 0 Å². The standard InChI is InChI=1S/C9H8N2OS.C5H11NO2S/c12-8-6-11(9(13)10-8)7-4-2-1-3-5-7;1-9-3-2-4(6)5(7)8/h1-5H,6H2,(H,10,12,13);4H,2-3,6H2,1H3,(H,7,8)/t;4-/m.0/s1. The zero-order valence-corrected chi connectivity index (χ0v) is 13.8. The Kier molecular flexibility index (Phi) is 7.86. The molecule has 4 N–H and O–H groups in total. The van der Waals surface area contributed by atoms with Crippen molar-refractivity contribution in [3.05, 3.63) is 30.3 Å². The molecule has 22 heavy (non-hydrogen) atoms. The van der Waals surface area contributed by atoms with Crippen LogP contribution in [0.25, 0.3) is 0 Å². The maximum absolute atomic E-state index is 11.0. The maximum atomic E-state index is 11.0. The van der Waals surface area contributed by atoms with Crippen LogP contribution in [0.15, 0.2) is 30.3 Å². The van der Waals surface area contributed by atoms with Gasteiger partial charge in [0.25, 0.3) is 0 Å². The molecular formula is C14H19N3O3S2. The number of carboxylic acids is 1. The SMILES string of the molecule is CSCC[C@H](N)C(=O)O.O=C1CN(c2ccccc2)C(=S)N1. The number of benzene rings is 1. The van der Waals surface area contributed by atoms with Crippen molar-refractivity contribution < 1.29 is 14.7 Å². The van der Waals surface area contributed by atoms with E-state index in [1.165, 1.54) is 0 Å². The molecule has 8 heteroatoms. The van der Waals surface area contributed by atoms with Gasteiger partial charge in [0.1, 0.15) is 12.6 Å². The topological polar surface area (TPSA) is 95.7 Å². The number of carbonyl (C=O) groups is 2. The Morgan fingerprint density at radius 3 is 2.59 bits per heavy atom. The molecule has 1 fully saturated rings. The zero-order chi connectivity index (χ0) is 16.5. The van der Waals surface area contributed by atoms with Crippen LogP contribution in [0.1, 0.15) is 6.42 Å². The summed E-state index contributed by atoms with van der Waals surface area (Å²) in [6.07, 6.45) is 2.48. The molecule has 0 radical (unpaired) electrons. The van der Waals surface area contributed by atoms with E-state index in [1.807, 2.05) is 36.6 Å². The minimum absolute atomic E-state index is 0.0474. The number of nitrogens with zero attached hydrogens (tertiary/aromatic N) is 1. The van der Waals surface area contributed by atoms with Crippen LogP contribution in [0.3, 0.4) is 0 Å². The summed E-state index contributed by atoms with van der Waals surface area (Å²) < 4.78 is 0. The number of carboxylic acid groups (broad SMARTS) is 1. The molecule has 1 amide bonds. The van der Waals surface area contributed by atoms with Gasteiger partial charge >= 0.3 is 5.97 Å². The van der Waals surface area contributed by atoms with Crippen molar-refractivity contribution in [2.75, 3.05) is 23.5 Å². The van der Waals surface area contributed by atoms with E-state index in [0.29, 0.717) is 18.1 Å². The second kappa shape index (κ2) is 9.39.